The average molecular weight is 365 g/mol. The Bertz CT molecular complexity index is 343. The van der Waals surface area contributed by atoms with E-state index in [1.807, 2.05) is 6.92 Å². The van der Waals surface area contributed by atoms with Gasteiger partial charge in [0.15, 0.2) is 5.66 Å². The number of nitrogens with zero attached hydrogens (tertiary/aromatic N) is 1. The molecule has 1 atom stereocenters. The number of hydrazine groups is 1. The molecule has 0 aliphatic rings. The first kappa shape index (κ1) is 27.3. The fourth-order valence-corrected chi connectivity index (χ4v) is 2.70. The minimum absolute atomic E-state index is 0. The molecular weight excluding hydrogens is 325 g/mol. The Hall–Kier alpha value is 0.0900. The number of rotatable bonds is 16. The molecule has 0 saturated heterocycles. The SMILES string of the molecule is C=CCC(N)(C(=O)OCCCCCCCCCCCC)N(N)CC.[Na]. The molecule has 0 aromatic carbocycles. The third-order valence-electron chi connectivity index (χ3n) is 4.39. The molecule has 0 fully saturated rings. The molecule has 0 rings (SSSR count). The van der Waals surface area contributed by atoms with Crippen molar-refractivity contribution in [3.8, 4) is 0 Å². The molecule has 0 heterocycles. The smallest absolute Gasteiger partial charge is 0.342 e. The monoisotopic (exact) mass is 364 g/mol. The van der Waals surface area contributed by atoms with Crippen molar-refractivity contribution in [1.82, 2.24) is 5.01 Å². The number of esters is 1. The fourth-order valence-electron chi connectivity index (χ4n) is 2.70. The summed E-state index contributed by atoms with van der Waals surface area (Å²) < 4.78 is 5.32. The minimum Gasteiger partial charge on any atom is -0.463 e. The molecule has 5 nitrogen and oxygen atoms in total. The number of unbranched alkanes of at least 4 members (excludes halogenated alkanes) is 9. The van der Waals surface area contributed by atoms with Crippen LogP contribution in [0.4, 0.5) is 0 Å². The topological polar surface area (TPSA) is 81.6 Å². The quantitative estimate of drug-likeness (QED) is 0.0833. The summed E-state index contributed by atoms with van der Waals surface area (Å²) in [5, 5.41) is 1.32. The maximum absolute atomic E-state index is 12.2. The van der Waals surface area contributed by atoms with Crippen LogP contribution in [0.1, 0.15) is 84.5 Å². The van der Waals surface area contributed by atoms with Gasteiger partial charge in [-0.2, -0.15) is 0 Å². The Labute approximate surface area is 177 Å². The second-order valence-corrected chi connectivity index (χ2v) is 6.52. The Kier molecular flexibility index (Phi) is 19.1. The van der Waals surface area contributed by atoms with Crippen LogP contribution in [0.5, 0.6) is 0 Å². The molecule has 143 valence electrons. The van der Waals surface area contributed by atoms with Crippen molar-refractivity contribution in [2.75, 3.05) is 13.2 Å². The maximum atomic E-state index is 12.2. The van der Waals surface area contributed by atoms with E-state index in [-0.39, 0.29) is 36.0 Å². The predicted molar refractivity (Wildman–Crippen MR) is 107 cm³/mol. The summed E-state index contributed by atoms with van der Waals surface area (Å²) in [6, 6.07) is 0. The van der Waals surface area contributed by atoms with Crippen molar-refractivity contribution in [3.63, 3.8) is 0 Å². The van der Waals surface area contributed by atoms with Crippen LogP contribution < -0.4 is 11.6 Å². The van der Waals surface area contributed by atoms with Crippen molar-refractivity contribution in [2.24, 2.45) is 11.6 Å². The zero-order valence-corrected chi connectivity index (χ0v) is 18.9. The third-order valence-corrected chi connectivity index (χ3v) is 4.39. The normalized spacial score (nSPS) is 13.2. The number of hydrogen-bond acceptors (Lipinski definition) is 5. The largest absolute Gasteiger partial charge is 0.463 e. The van der Waals surface area contributed by atoms with Crippen LogP contribution >= 0.6 is 0 Å². The van der Waals surface area contributed by atoms with Gasteiger partial charge in [-0.3, -0.25) is 5.84 Å². The van der Waals surface area contributed by atoms with Gasteiger partial charge in [-0.25, -0.2) is 9.80 Å². The van der Waals surface area contributed by atoms with Gasteiger partial charge in [-0.1, -0.05) is 77.7 Å². The molecule has 0 bridgehead atoms. The van der Waals surface area contributed by atoms with Crippen LogP contribution in [0.3, 0.4) is 0 Å². The molecule has 0 aliphatic heterocycles. The van der Waals surface area contributed by atoms with E-state index in [0.717, 1.165) is 12.8 Å². The van der Waals surface area contributed by atoms with Gasteiger partial charge in [0.05, 0.1) is 6.61 Å². The van der Waals surface area contributed by atoms with Crippen LogP contribution in [0.15, 0.2) is 12.7 Å². The van der Waals surface area contributed by atoms with Crippen molar-refractivity contribution in [2.45, 2.75) is 90.1 Å². The zero-order valence-electron chi connectivity index (χ0n) is 16.9. The average Bonchev–Trinajstić information content (AvgIpc) is 2.58. The van der Waals surface area contributed by atoms with Gasteiger partial charge in [0, 0.05) is 42.5 Å². The standard InChI is InChI=1S/C19H39N3O2.Na/c1-4-7-8-9-10-11-12-13-14-15-17-24-18(23)19(20,16-5-2)22(21)6-3;/h5H,2,4,6-17,20-21H2,1,3H3;. The van der Waals surface area contributed by atoms with Crippen LogP contribution in [0, 0.1) is 0 Å². The van der Waals surface area contributed by atoms with Crippen LogP contribution in [-0.2, 0) is 9.53 Å². The molecule has 0 aromatic heterocycles. The van der Waals surface area contributed by atoms with Crippen molar-refractivity contribution in [1.29, 1.82) is 0 Å². The molecule has 0 amide bonds. The molecule has 1 radical (unpaired) electrons. The molecule has 0 saturated carbocycles. The van der Waals surface area contributed by atoms with E-state index >= 15 is 0 Å². The molecule has 1 unspecified atom stereocenters. The number of likely N-dealkylation sites (N-methyl/N-ethyl adjacent to an activating group) is 1. The van der Waals surface area contributed by atoms with E-state index < -0.39 is 11.6 Å². The van der Waals surface area contributed by atoms with Crippen molar-refractivity contribution < 1.29 is 9.53 Å². The number of carbonyl (C=O) groups excluding carboxylic acids is 1. The van der Waals surface area contributed by atoms with Gasteiger partial charge in [0.25, 0.3) is 0 Å². The summed E-state index contributed by atoms with van der Waals surface area (Å²) in [6.45, 7) is 8.60. The van der Waals surface area contributed by atoms with Crippen LogP contribution in [-0.4, -0.2) is 59.4 Å². The summed E-state index contributed by atoms with van der Waals surface area (Å²) in [6.07, 6.45) is 14.3. The maximum Gasteiger partial charge on any atom is 0.342 e. The Balaban J connectivity index is 0. The first-order valence-electron chi connectivity index (χ1n) is 9.62. The fraction of sp³-hybridized carbons (Fsp3) is 0.842. The van der Waals surface area contributed by atoms with Gasteiger partial charge >= 0.3 is 5.97 Å². The summed E-state index contributed by atoms with van der Waals surface area (Å²) >= 11 is 0. The van der Waals surface area contributed by atoms with Gasteiger partial charge < -0.3 is 10.5 Å². The van der Waals surface area contributed by atoms with Crippen LogP contribution in [0.2, 0.25) is 0 Å². The summed E-state index contributed by atoms with van der Waals surface area (Å²) in [5.74, 6) is 5.36. The van der Waals surface area contributed by atoms with E-state index in [1.54, 1.807) is 6.08 Å². The number of nitrogens with two attached hydrogens (primary N) is 2. The van der Waals surface area contributed by atoms with Gasteiger partial charge in [-0.15, -0.1) is 6.58 Å². The van der Waals surface area contributed by atoms with Crippen molar-refractivity contribution >= 4 is 35.5 Å². The second-order valence-electron chi connectivity index (χ2n) is 6.52. The van der Waals surface area contributed by atoms with Gasteiger partial charge in [0.1, 0.15) is 0 Å². The Morgan fingerprint density at radius 3 is 1.96 bits per heavy atom. The first-order valence-corrected chi connectivity index (χ1v) is 9.62. The Morgan fingerprint density at radius 1 is 1.04 bits per heavy atom. The molecule has 4 N–H and O–H groups in total. The second kappa shape index (κ2) is 17.5. The first-order chi connectivity index (χ1) is 11.5. The third kappa shape index (κ3) is 12.2. The van der Waals surface area contributed by atoms with Gasteiger partial charge in [-0.05, 0) is 6.42 Å². The van der Waals surface area contributed by atoms with Crippen molar-refractivity contribution in [3.05, 3.63) is 12.7 Å². The van der Waals surface area contributed by atoms with E-state index in [9.17, 15) is 4.79 Å². The predicted octanol–water partition coefficient (Wildman–Crippen LogP) is 3.50. The van der Waals surface area contributed by atoms with E-state index in [1.165, 1.54) is 56.4 Å². The van der Waals surface area contributed by atoms with Crippen LogP contribution in [0.25, 0.3) is 0 Å². The zero-order chi connectivity index (χ0) is 18.3. The number of carbonyl (C=O) groups is 1. The Morgan fingerprint density at radius 2 is 1.52 bits per heavy atom. The summed E-state index contributed by atoms with van der Waals surface area (Å²) in [7, 11) is 0. The summed E-state index contributed by atoms with van der Waals surface area (Å²) in [4.78, 5) is 12.2. The molecule has 6 heteroatoms. The number of hydrogen-bond donors (Lipinski definition) is 2. The molecule has 25 heavy (non-hydrogen) atoms. The minimum atomic E-state index is -1.31. The van der Waals surface area contributed by atoms with E-state index in [2.05, 4.69) is 13.5 Å². The summed E-state index contributed by atoms with van der Waals surface area (Å²) in [5.41, 5.74) is 4.78. The van der Waals surface area contributed by atoms with Gasteiger partial charge in [0.2, 0.25) is 0 Å². The van der Waals surface area contributed by atoms with E-state index in [4.69, 9.17) is 16.3 Å². The molecule has 0 aliphatic carbocycles. The van der Waals surface area contributed by atoms with E-state index in [0.29, 0.717) is 13.2 Å². The molecule has 0 spiro atoms. The molecule has 0 aromatic rings. The molecular formula is C19H39N3NaO2. The number of ether oxygens (including phenoxy) is 1.